The van der Waals surface area contributed by atoms with Gasteiger partial charge in [0.25, 0.3) is 22.0 Å². The number of nitrogens with zero attached hydrogens (tertiary/aromatic N) is 5. The highest BCUT2D eigenvalue weighted by Gasteiger charge is 2.41. The molecule has 158 valence electrons. The summed E-state index contributed by atoms with van der Waals surface area (Å²) in [5, 5.41) is 6.23. The predicted molar refractivity (Wildman–Crippen MR) is 94.1 cm³/mol. The van der Waals surface area contributed by atoms with Gasteiger partial charge in [0, 0.05) is 12.4 Å². The molecule has 1 amide bonds. The molecule has 0 saturated carbocycles. The number of carbonyl (C=O) groups excluding carboxylic acids is 1. The Balaban J connectivity index is 1.98. The van der Waals surface area contributed by atoms with Crippen molar-refractivity contribution in [3.05, 3.63) is 59.9 Å². The molecular formula is C16H13F3N6O4S. The molecule has 10 nitrogen and oxygen atoms in total. The molecule has 2 heterocycles. The molecule has 1 unspecified atom stereocenters. The van der Waals surface area contributed by atoms with E-state index in [1.165, 1.54) is 24.0 Å². The first-order chi connectivity index (χ1) is 14.0. The first-order valence-electron chi connectivity index (χ1n) is 8.16. The van der Waals surface area contributed by atoms with E-state index in [2.05, 4.69) is 25.4 Å². The number of amides is 1. The second kappa shape index (κ2) is 7.79. The summed E-state index contributed by atoms with van der Waals surface area (Å²) < 4.78 is 73.6. The Hall–Kier alpha value is -3.39. The van der Waals surface area contributed by atoms with Crippen molar-refractivity contribution in [2.75, 3.05) is 0 Å². The van der Waals surface area contributed by atoms with Crippen LogP contribution in [0.3, 0.4) is 0 Å². The Morgan fingerprint density at radius 1 is 1.17 bits per heavy atom. The largest absolute Gasteiger partial charge is 0.418 e. The van der Waals surface area contributed by atoms with Gasteiger partial charge < -0.3 is 5.32 Å². The lowest BCUT2D eigenvalue weighted by atomic mass is 10.1. The van der Waals surface area contributed by atoms with Gasteiger partial charge in [-0.2, -0.15) is 31.4 Å². The third-order valence-electron chi connectivity index (χ3n) is 3.88. The molecule has 0 bridgehead atoms. The van der Waals surface area contributed by atoms with E-state index in [1.807, 2.05) is 0 Å². The molecule has 0 aliphatic heterocycles. The zero-order chi connectivity index (χ0) is 22.1. The number of hydrogen-bond donors (Lipinski definition) is 2. The van der Waals surface area contributed by atoms with Crippen LogP contribution in [0, 0.1) is 0 Å². The van der Waals surface area contributed by atoms with Gasteiger partial charge in [0.2, 0.25) is 0 Å². The standard InChI is InChI=1S/C16H13F3N6O4S/c1-9(13-22-8-23-25(13)15-20-6-3-7-21-15)24-14(26)10-4-2-5-11(30(27,28)29)12(10)16(17,18)19/h2-9H,1H3,(H,24,26)(H,27,28,29). The van der Waals surface area contributed by atoms with Crippen molar-refractivity contribution in [3.63, 3.8) is 0 Å². The predicted octanol–water partition coefficient (Wildman–Crippen LogP) is 1.81. The van der Waals surface area contributed by atoms with Crippen molar-refractivity contribution in [2.24, 2.45) is 0 Å². The third kappa shape index (κ3) is 4.28. The number of halogens is 3. The highest BCUT2D eigenvalue weighted by atomic mass is 32.2. The number of alkyl halides is 3. The Kier molecular flexibility index (Phi) is 5.54. The quantitative estimate of drug-likeness (QED) is 0.570. The number of nitrogens with one attached hydrogen (secondary N) is 1. The average molecular weight is 442 g/mol. The molecule has 0 aliphatic rings. The molecule has 2 N–H and O–H groups in total. The van der Waals surface area contributed by atoms with Crippen LogP contribution in [0.2, 0.25) is 0 Å². The zero-order valence-electron chi connectivity index (χ0n) is 15.1. The van der Waals surface area contributed by atoms with E-state index in [0.717, 1.165) is 18.5 Å². The van der Waals surface area contributed by atoms with Crippen molar-refractivity contribution in [2.45, 2.75) is 24.0 Å². The number of rotatable bonds is 5. The molecule has 0 fully saturated rings. The van der Waals surface area contributed by atoms with E-state index in [-0.39, 0.29) is 11.8 Å². The minimum atomic E-state index is -5.23. The van der Waals surface area contributed by atoms with Crippen LogP contribution in [-0.2, 0) is 16.3 Å². The molecule has 0 aliphatic carbocycles. The van der Waals surface area contributed by atoms with Crippen LogP contribution < -0.4 is 5.32 Å². The van der Waals surface area contributed by atoms with Crippen LogP contribution in [0.15, 0.2) is 47.9 Å². The minimum absolute atomic E-state index is 0.119. The maximum atomic E-state index is 13.5. The molecule has 1 aromatic carbocycles. The summed E-state index contributed by atoms with van der Waals surface area (Å²) in [6, 6.07) is 2.87. The van der Waals surface area contributed by atoms with Crippen LogP contribution >= 0.6 is 0 Å². The van der Waals surface area contributed by atoms with Gasteiger partial charge in [0.1, 0.15) is 11.2 Å². The summed E-state index contributed by atoms with van der Waals surface area (Å²) in [4.78, 5) is 23.1. The van der Waals surface area contributed by atoms with Gasteiger partial charge in [-0.1, -0.05) is 6.07 Å². The summed E-state index contributed by atoms with van der Waals surface area (Å²) in [5.41, 5.74) is -2.75. The van der Waals surface area contributed by atoms with E-state index in [0.29, 0.717) is 6.07 Å². The zero-order valence-corrected chi connectivity index (χ0v) is 15.9. The van der Waals surface area contributed by atoms with E-state index >= 15 is 0 Å². The molecule has 3 rings (SSSR count). The minimum Gasteiger partial charge on any atom is -0.342 e. The number of carbonyl (C=O) groups is 1. The van der Waals surface area contributed by atoms with E-state index in [9.17, 15) is 26.4 Å². The van der Waals surface area contributed by atoms with Crippen LogP contribution in [0.1, 0.15) is 34.7 Å². The van der Waals surface area contributed by atoms with Gasteiger partial charge in [-0.25, -0.2) is 15.0 Å². The highest BCUT2D eigenvalue weighted by molar-refractivity contribution is 7.85. The molecule has 0 saturated heterocycles. The van der Waals surface area contributed by atoms with Gasteiger partial charge in [0.15, 0.2) is 5.82 Å². The summed E-state index contributed by atoms with van der Waals surface area (Å²) >= 11 is 0. The number of benzene rings is 1. The van der Waals surface area contributed by atoms with Gasteiger partial charge in [0.05, 0.1) is 17.2 Å². The molecular weight excluding hydrogens is 429 g/mol. The lowest BCUT2D eigenvalue weighted by Crippen LogP contribution is -2.31. The SMILES string of the molecule is CC(NC(=O)c1cccc(S(=O)(=O)O)c1C(F)(F)F)c1ncnn1-c1ncccn1. The first-order valence-corrected chi connectivity index (χ1v) is 9.60. The Morgan fingerprint density at radius 3 is 2.43 bits per heavy atom. The number of hydrogen-bond acceptors (Lipinski definition) is 7. The maximum Gasteiger partial charge on any atom is 0.418 e. The van der Waals surface area contributed by atoms with E-state index in [1.54, 1.807) is 6.07 Å². The summed E-state index contributed by atoms with van der Waals surface area (Å²) in [6.45, 7) is 1.43. The highest BCUT2D eigenvalue weighted by Crippen LogP contribution is 2.37. The third-order valence-corrected chi connectivity index (χ3v) is 4.78. The van der Waals surface area contributed by atoms with Gasteiger partial charge in [-0.15, -0.1) is 0 Å². The van der Waals surface area contributed by atoms with Crippen molar-refractivity contribution in [1.29, 1.82) is 0 Å². The van der Waals surface area contributed by atoms with Gasteiger partial charge >= 0.3 is 6.18 Å². The second-order valence-electron chi connectivity index (χ2n) is 5.93. The molecule has 2 aromatic heterocycles. The fourth-order valence-electron chi connectivity index (χ4n) is 2.67. The topological polar surface area (TPSA) is 140 Å². The summed E-state index contributed by atoms with van der Waals surface area (Å²) in [5.74, 6) is -0.992. The molecule has 0 spiro atoms. The van der Waals surface area contributed by atoms with Crippen LogP contribution in [0.4, 0.5) is 13.2 Å². The summed E-state index contributed by atoms with van der Waals surface area (Å²) in [7, 11) is -5.23. The Morgan fingerprint density at radius 2 is 1.83 bits per heavy atom. The van der Waals surface area contributed by atoms with Crippen molar-refractivity contribution < 1.29 is 30.9 Å². The molecule has 14 heteroatoms. The fraction of sp³-hybridized carbons (Fsp3) is 0.188. The number of aromatic nitrogens is 5. The van der Waals surface area contributed by atoms with E-state index < -0.39 is 44.3 Å². The maximum absolute atomic E-state index is 13.5. The average Bonchev–Trinajstić information content (AvgIpc) is 3.16. The van der Waals surface area contributed by atoms with Gasteiger partial charge in [-0.3, -0.25) is 9.35 Å². The lowest BCUT2D eigenvalue weighted by Gasteiger charge is -2.18. The van der Waals surface area contributed by atoms with Gasteiger partial charge in [-0.05, 0) is 25.1 Å². The molecule has 0 radical (unpaired) electrons. The smallest absolute Gasteiger partial charge is 0.342 e. The second-order valence-corrected chi connectivity index (χ2v) is 7.32. The monoisotopic (exact) mass is 442 g/mol. The first kappa shape index (κ1) is 21.3. The van der Waals surface area contributed by atoms with Crippen LogP contribution in [0.25, 0.3) is 5.95 Å². The van der Waals surface area contributed by atoms with Crippen molar-refractivity contribution in [3.8, 4) is 5.95 Å². The lowest BCUT2D eigenvalue weighted by molar-refractivity contribution is -0.140. The Bertz CT molecular complexity index is 1180. The van der Waals surface area contributed by atoms with E-state index in [4.69, 9.17) is 4.55 Å². The molecule has 3 aromatic rings. The Labute approximate surface area is 167 Å². The normalized spacial score (nSPS) is 13.1. The van der Waals surface area contributed by atoms with Crippen molar-refractivity contribution in [1.82, 2.24) is 30.0 Å². The van der Waals surface area contributed by atoms with Crippen molar-refractivity contribution >= 4 is 16.0 Å². The van der Waals surface area contributed by atoms with Crippen LogP contribution in [0.5, 0.6) is 0 Å². The van der Waals surface area contributed by atoms with Crippen LogP contribution in [-0.4, -0.2) is 43.6 Å². The fourth-order valence-corrected chi connectivity index (χ4v) is 3.40. The summed E-state index contributed by atoms with van der Waals surface area (Å²) in [6.07, 6.45) is -1.20. The molecule has 1 atom stereocenters. The molecule has 30 heavy (non-hydrogen) atoms.